The SMILES string of the molecule is COc1cc(NC(=O)c2ccc3[nH]c4c(c3c2)CCCC4)ccc1NC(=O)c1cccnc1. The van der Waals surface area contributed by atoms with Crippen molar-refractivity contribution < 1.29 is 14.3 Å². The molecule has 0 saturated heterocycles. The van der Waals surface area contributed by atoms with E-state index in [4.69, 9.17) is 4.74 Å². The number of carbonyl (C=O) groups excluding carboxylic acids is 2. The highest BCUT2D eigenvalue weighted by molar-refractivity contribution is 6.07. The summed E-state index contributed by atoms with van der Waals surface area (Å²) in [6.07, 6.45) is 7.60. The summed E-state index contributed by atoms with van der Waals surface area (Å²) in [7, 11) is 1.52. The van der Waals surface area contributed by atoms with E-state index in [0.717, 1.165) is 23.7 Å². The maximum Gasteiger partial charge on any atom is 0.257 e. The maximum atomic E-state index is 13.0. The van der Waals surface area contributed by atoms with Gasteiger partial charge >= 0.3 is 0 Å². The van der Waals surface area contributed by atoms with Crippen LogP contribution in [-0.2, 0) is 12.8 Å². The first kappa shape index (κ1) is 20.8. The van der Waals surface area contributed by atoms with Gasteiger partial charge in [0.15, 0.2) is 0 Å². The average molecular weight is 441 g/mol. The fourth-order valence-electron chi connectivity index (χ4n) is 4.31. The molecule has 0 fully saturated rings. The molecule has 1 aliphatic carbocycles. The van der Waals surface area contributed by atoms with Gasteiger partial charge in [-0.05, 0) is 73.7 Å². The van der Waals surface area contributed by atoms with Crippen molar-refractivity contribution in [1.29, 1.82) is 0 Å². The lowest BCUT2D eigenvalue weighted by Crippen LogP contribution is -2.14. The number of methoxy groups -OCH3 is 1. The topological polar surface area (TPSA) is 96.1 Å². The van der Waals surface area contributed by atoms with E-state index in [2.05, 4.69) is 20.6 Å². The van der Waals surface area contributed by atoms with Crippen LogP contribution in [0.1, 0.15) is 44.8 Å². The Morgan fingerprint density at radius 1 is 0.970 bits per heavy atom. The van der Waals surface area contributed by atoms with Gasteiger partial charge in [0.25, 0.3) is 11.8 Å². The number of rotatable bonds is 5. The predicted octanol–water partition coefficient (Wildman–Crippen LogP) is 4.95. The van der Waals surface area contributed by atoms with Crippen molar-refractivity contribution in [2.24, 2.45) is 0 Å². The van der Waals surface area contributed by atoms with Crippen molar-refractivity contribution >= 4 is 34.1 Å². The van der Waals surface area contributed by atoms with Crippen molar-refractivity contribution in [3.8, 4) is 5.75 Å². The smallest absolute Gasteiger partial charge is 0.257 e. The van der Waals surface area contributed by atoms with Crippen molar-refractivity contribution in [2.45, 2.75) is 25.7 Å². The molecule has 2 aromatic carbocycles. The second-order valence-electron chi connectivity index (χ2n) is 8.11. The summed E-state index contributed by atoms with van der Waals surface area (Å²) >= 11 is 0. The summed E-state index contributed by atoms with van der Waals surface area (Å²) in [4.78, 5) is 32.9. The molecule has 2 heterocycles. The molecule has 0 aliphatic heterocycles. The molecule has 33 heavy (non-hydrogen) atoms. The van der Waals surface area contributed by atoms with Gasteiger partial charge in [-0.25, -0.2) is 0 Å². The van der Waals surface area contributed by atoms with Gasteiger partial charge in [0.2, 0.25) is 0 Å². The molecule has 4 aromatic rings. The second-order valence-corrected chi connectivity index (χ2v) is 8.11. The fourth-order valence-corrected chi connectivity index (χ4v) is 4.31. The van der Waals surface area contributed by atoms with Crippen LogP contribution in [-0.4, -0.2) is 28.9 Å². The number of carbonyl (C=O) groups is 2. The van der Waals surface area contributed by atoms with Crippen molar-refractivity contribution in [1.82, 2.24) is 9.97 Å². The molecule has 5 rings (SSSR count). The van der Waals surface area contributed by atoms with Gasteiger partial charge < -0.3 is 20.4 Å². The predicted molar refractivity (Wildman–Crippen MR) is 128 cm³/mol. The third-order valence-electron chi connectivity index (χ3n) is 5.99. The van der Waals surface area contributed by atoms with E-state index in [1.54, 1.807) is 36.5 Å². The Kier molecular flexibility index (Phi) is 5.52. The molecule has 0 bridgehead atoms. The minimum Gasteiger partial charge on any atom is -0.494 e. The number of hydrogen-bond donors (Lipinski definition) is 3. The Morgan fingerprint density at radius 2 is 1.82 bits per heavy atom. The maximum absolute atomic E-state index is 13.0. The lowest BCUT2D eigenvalue weighted by Gasteiger charge is -2.13. The summed E-state index contributed by atoms with van der Waals surface area (Å²) in [5.41, 5.74) is 5.83. The van der Waals surface area contributed by atoms with Crippen molar-refractivity contribution in [3.05, 3.63) is 83.3 Å². The largest absolute Gasteiger partial charge is 0.494 e. The normalized spacial score (nSPS) is 12.8. The van der Waals surface area contributed by atoms with E-state index in [1.807, 2.05) is 18.2 Å². The quantitative estimate of drug-likeness (QED) is 0.409. The molecule has 0 radical (unpaired) electrons. The Bertz CT molecular complexity index is 1340. The molecule has 3 N–H and O–H groups in total. The zero-order chi connectivity index (χ0) is 22.8. The molecular weight excluding hydrogens is 416 g/mol. The second kappa shape index (κ2) is 8.78. The van der Waals surface area contributed by atoms with E-state index in [9.17, 15) is 9.59 Å². The molecule has 0 atom stereocenters. The highest BCUT2D eigenvalue weighted by atomic mass is 16.5. The fraction of sp³-hybridized carbons (Fsp3) is 0.192. The number of aromatic nitrogens is 2. The Hall–Kier alpha value is -4.13. The first-order valence-corrected chi connectivity index (χ1v) is 11.0. The van der Waals surface area contributed by atoms with E-state index < -0.39 is 0 Å². The number of H-pyrrole nitrogens is 1. The zero-order valence-electron chi connectivity index (χ0n) is 18.3. The number of nitrogens with one attached hydrogen (secondary N) is 3. The number of fused-ring (bicyclic) bond motifs is 3. The van der Waals surface area contributed by atoms with Gasteiger partial charge in [-0.3, -0.25) is 14.6 Å². The summed E-state index contributed by atoms with van der Waals surface area (Å²) in [5, 5.41) is 6.87. The number of nitrogens with zero attached hydrogens (tertiary/aromatic N) is 1. The van der Waals surface area contributed by atoms with Gasteiger partial charge in [-0.15, -0.1) is 0 Å². The Labute approximate surface area is 191 Å². The van der Waals surface area contributed by atoms with E-state index in [1.165, 1.54) is 37.4 Å². The van der Waals surface area contributed by atoms with Gasteiger partial charge in [-0.2, -0.15) is 0 Å². The number of pyridine rings is 1. The highest BCUT2D eigenvalue weighted by Gasteiger charge is 2.17. The lowest BCUT2D eigenvalue weighted by molar-refractivity contribution is 0.101. The Balaban J connectivity index is 1.34. The molecule has 2 amide bonds. The standard InChI is InChI=1S/C26H24N4O3/c1-33-24-14-18(9-11-23(24)30-26(32)17-5-4-12-27-15-17)28-25(31)16-8-10-22-20(13-16)19-6-2-3-7-21(19)29-22/h4-5,8-15,29H,2-3,6-7H2,1H3,(H,28,31)(H,30,32). The number of aryl methyl sites for hydroxylation is 2. The van der Waals surface area contributed by atoms with Crippen LogP contribution in [0.15, 0.2) is 60.9 Å². The summed E-state index contributed by atoms with van der Waals surface area (Å²) in [6, 6.07) is 14.3. The molecule has 0 saturated carbocycles. The van der Waals surface area contributed by atoms with E-state index in [-0.39, 0.29) is 11.8 Å². The average Bonchev–Trinajstić information content (AvgIpc) is 3.23. The minimum absolute atomic E-state index is 0.197. The van der Waals surface area contributed by atoms with E-state index >= 15 is 0 Å². The molecule has 1 aliphatic rings. The number of aromatic amines is 1. The van der Waals surface area contributed by atoms with Crippen molar-refractivity contribution in [3.63, 3.8) is 0 Å². The number of hydrogen-bond acceptors (Lipinski definition) is 4. The van der Waals surface area contributed by atoms with Crippen LogP contribution < -0.4 is 15.4 Å². The zero-order valence-corrected chi connectivity index (χ0v) is 18.3. The number of amides is 2. The van der Waals surface area contributed by atoms with Crippen LogP contribution in [0.3, 0.4) is 0 Å². The first-order valence-electron chi connectivity index (χ1n) is 11.0. The van der Waals surface area contributed by atoms with Gasteiger partial charge in [-0.1, -0.05) is 0 Å². The third kappa shape index (κ3) is 4.17. The third-order valence-corrected chi connectivity index (χ3v) is 5.99. The molecule has 7 heteroatoms. The molecule has 166 valence electrons. The molecule has 7 nitrogen and oxygen atoms in total. The van der Waals surface area contributed by atoms with Crippen LogP contribution in [0, 0.1) is 0 Å². The molecular formula is C26H24N4O3. The highest BCUT2D eigenvalue weighted by Crippen LogP contribution is 2.31. The number of ether oxygens (including phenoxy) is 1. The van der Waals surface area contributed by atoms with Crippen LogP contribution in [0.25, 0.3) is 10.9 Å². The van der Waals surface area contributed by atoms with Crippen LogP contribution >= 0.6 is 0 Å². The number of anilines is 2. The summed E-state index contributed by atoms with van der Waals surface area (Å²) in [5.74, 6) is -0.0432. The minimum atomic E-state index is -0.290. The Morgan fingerprint density at radius 3 is 2.64 bits per heavy atom. The van der Waals surface area contributed by atoms with Gasteiger partial charge in [0, 0.05) is 46.3 Å². The van der Waals surface area contributed by atoms with Gasteiger partial charge in [0.1, 0.15) is 5.75 Å². The monoisotopic (exact) mass is 440 g/mol. The first-order chi connectivity index (χ1) is 16.1. The molecule has 2 aromatic heterocycles. The van der Waals surface area contributed by atoms with Crippen LogP contribution in [0.2, 0.25) is 0 Å². The van der Waals surface area contributed by atoms with Gasteiger partial charge in [0.05, 0.1) is 18.4 Å². The lowest BCUT2D eigenvalue weighted by atomic mass is 9.95. The van der Waals surface area contributed by atoms with Crippen LogP contribution in [0.4, 0.5) is 11.4 Å². The van der Waals surface area contributed by atoms with Crippen LogP contribution in [0.5, 0.6) is 5.75 Å². The van der Waals surface area contributed by atoms with Crippen molar-refractivity contribution in [2.75, 3.05) is 17.7 Å². The molecule has 0 spiro atoms. The summed E-state index contributed by atoms with van der Waals surface area (Å²) in [6.45, 7) is 0. The molecule has 0 unspecified atom stereocenters. The number of benzene rings is 2. The summed E-state index contributed by atoms with van der Waals surface area (Å²) < 4.78 is 5.43. The van der Waals surface area contributed by atoms with E-state index in [0.29, 0.717) is 28.3 Å².